The van der Waals surface area contributed by atoms with E-state index in [0.29, 0.717) is 34.2 Å². The van der Waals surface area contributed by atoms with Gasteiger partial charge in [-0.3, -0.25) is 4.79 Å². The summed E-state index contributed by atoms with van der Waals surface area (Å²) in [6.07, 6.45) is -5.22. The maximum absolute atomic E-state index is 13.5. The molecule has 4 N–H and O–H groups in total. The highest BCUT2D eigenvalue weighted by molar-refractivity contribution is 6.00. The second-order valence-electron chi connectivity index (χ2n) is 11.7. The number of fused-ring (bicyclic) bond motifs is 2. The van der Waals surface area contributed by atoms with Crippen molar-refractivity contribution in [2.45, 2.75) is 38.6 Å². The number of aliphatic hydroxyl groups excluding tert-OH is 1. The molecular formula is C33H36F3N5O7. The Hall–Kier alpha value is -5.18. The van der Waals surface area contributed by atoms with Crippen LogP contribution in [0.25, 0.3) is 0 Å². The average Bonchev–Trinajstić information content (AvgIpc) is 3.52. The second kappa shape index (κ2) is 14.3. The van der Waals surface area contributed by atoms with E-state index in [2.05, 4.69) is 16.0 Å². The Morgan fingerprint density at radius 2 is 1.58 bits per heavy atom. The highest BCUT2D eigenvalue weighted by Gasteiger charge is 2.33. The number of benzene rings is 3. The number of ether oxygens (including phenoxy) is 3. The first-order valence-corrected chi connectivity index (χ1v) is 15.2. The number of nitrogens with one attached hydrogen (secondary N) is 3. The number of likely N-dealkylation sites (N-methyl/N-ethyl adjacent to an activating group) is 1. The normalized spacial score (nSPS) is 18.0. The zero-order valence-corrected chi connectivity index (χ0v) is 26.5. The Bertz CT molecular complexity index is 1650. The fourth-order valence-electron chi connectivity index (χ4n) is 5.31. The largest absolute Gasteiger partial charge is 0.488 e. The lowest BCUT2D eigenvalue weighted by molar-refractivity contribution is -0.137. The van der Waals surface area contributed by atoms with Crippen LogP contribution in [0.1, 0.15) is 25.0 Å². The molecule has 2 aliphatic rings. The molecule has 0 spiro atoms. The number of hydrogen-bond donors (Lipinski definition) is 4. The van der Waals surface area contributed by atoms with Gasteiger partial charge in [-0.2, -0.15) is 13.2 Å². The molecule has 0 saturated carbocycles. The maximum Gasteiger partial charge on any atom is 0.416 e. The number of halogens is 3. The molecule has 0 saturated heterocycles. The lowest BCUT2D eigenvalue weighted by atomic mass is 10.0. The summed E-state index contributed by atoms with van der Waals surface area (Å²) < 4.78 is 55.9. The summed E-state index contributed by atoms with van der Waals surface area (Å²) in [4.78, 5) is 42.3. The van der Waals surface area contributed by atoms with Crippen molar-refractivity contribution in [2.75, 3.05) is 49.5 Å². The minimum atomic E-state index is -4.50. The van der Waals surface area contributed by atoms with Crippen LogP contribution in [0.4, 0.5) is 39.8 Å². The number of urea groups is 2. The van der Waals surface area contributed by atoms with Crippen molar-refractivity contribution in [3.8, 4) is 17.2 Å². The van der Waals surface area contributed by atoms with Crippen molar-refractivity contribution in [3.63, 3.8) is 0 Å². The third-order valence-corrected chi connectivity index (χ3v) is 8.07. The van der Waals surface area contributed by atoms with Crippen LogP contribution in [0.5, 0.6) is 17.2 Å². The van der Waals surface area contributed by atoms with Gasteiger partial charge in [0.1, 0.15) is 11.9 Å². The van der Waals surface area contributed by atoms with Crippen molar-refractivity contribution >= 4 is 35.0 Å². The monoisotopic (exact) mass is 671 g/mol. The first-order chi connectivity index (χ1) is 22.8. The molecule has 0 radical (unpaired) electrons. The first kappa shape index (κ1) is 34.2. The van der Waals surface area contributed by atoms with Gasteiger partial charge in [-0.05, 0) is 61.5 Å². The summed E-state index contributed by atoms with van der Waals surface area (Å²) in [6.45, 7) is 3.69. The number of carbonyl (C=O) groups excluding carboxylic acids is 3. The van der Waals surface area contributed by atoms with Crippen molar-refractivity contribution in [3.05, 3.63) is 71.8 Å². The van der Waals surface area contributed by atoms with E-state index >= 15 is 0 Å². The van der Waals surface area contributed by atoms with Crippen LogP contribution < -0.4 is 30.2 Å². The van der Waals surface area contributed by atoms with Gasteiger partial charge in [0.15, 0.2) is 11.5 Å². The number of rotatable bonds is 7. The van der Waals surface area contributed by atoms with E-state index in [4.69, 9.17) is 14.2 Å². The van der Waals surface area contributed by atoms with E-state index in [1.807, 2.05) is 6.92 Å². The molecule has 12 nitrogen and oxygen atoms in total. The van der Waals surface area contributed by atoms with Crippen molar-refractivity contribution in [2.24, 2.45) is 5.92 Å². The van der Waals surface area contributed by atoms with Gasteiger partial charge in [-0.1, -0.05) is 6.92 Å². The lowest BCUT2D eigenvalue weighted by Gasteiger charge is -2.34. The van der Waals surface area contributed by atoms with E-state index in [0.717, 1.165) is 12.1 Å². The Morgan fingerprint density at radius 3 is 2.25 bits per heavy atom. The quantitative estimate of drug-likeness (QED) is 0.264. The smallest absolute Gasteiger partial charge is 0.416 e. The fraction of sp³-hybridized carbons (Fsp3) is 0.364. The van der Waals surface area contributed by atoms with Gasteiger partial charge in [0, 0.05) is 48.2 Å². The molecule has 3 atom stereocenters. The molecule has 0 aromatic heterocycles. The van der Waals surface area contributed by atoms with Gasteiger partial charge in [0.2, 0.25) is 12.7 Å². The molecule has 3 aromatic rings. The zero-order chi connectivity index (χ0) is 34.6. The van der Waals surface area contributed by atoms with Crippen LogP contribution in [0.3, 0.4) is 0 Å². The summed E-state index contributed by atoms with van der Waals surface area (Å²) in [5.41, 5.74) is 0.703. The molecule has 0 fully saturated rings. The van der Waals surface area contributed by atoms with Gasteiger partial charge < -0.3 is 45.1 Å². The van der Waals surface area contributed by atoms with E-state index in [1.165, 1.54) is 24.1 Å². The van der Waals surface area contributed by atoms with Crippen LogP contribution in [0.2, 0.25) is 0 Å². The molecule has 15 heteroatoms. The summed E-state index contributed by atoms with van der Waals surface area (Å²) in [6, 6.07) is 12.4. The number of hydrogen-bond acceptors (Lipinski definition) is 7. The number of alkyl halides is 3. The van der Waals surface area contributed by atoms with Gasteiger partial charge in [-0.25, -0.2) is 9.59 Å². The standard InChI is InChI=1S/C33H36F3N5O7/c1-19-15-41(20(2)17-42)30(43)13-21-12-24(37-31(44)38-25-9-11-27-28(14-25)47-18-46-27)8-10-26(21)48-29(19)16-40(3)32(45)39-23-6-4-22(5-7-23)33(34,35)36/h4-12,14,19-20,29,42H,13,15-18H2,1-3H3,(H,39,45)(H2,37,38,44)/t19-,20+,29+/m1/s1. The summed E-state index contributed by atoms with van der Waals surface area (Å²) in [5, 5.41) is 18.0. The van der Waals surface area contributed by atoms with Gasteiger partial charge in [0.05, 0.1) is 31.2 Å². The predicted molar refractivity (Wildman–Crippen MR) is 170 cm³/mol. The Balaban J connectivity index is 1.32. The van der Waals surface area contributed by atoms with E-state index in [-0.39, 0.29) is 50.4 Å². The molecule has 0 aliphatic carbocycles. The van der Waals surface area contributed by atoms with Crippen LogP contribution in [-0.2, 0) is 17.4 Å². The third kappa shape index (κ3) is 8.20. The Morgan fingerprint density at radius 1 is 0.958 bits per heavy atom. The summed E-state index contributed by atoms with van der Waals surface area (Å²) in [7, 11) is 1.52. The Labute approximate surface area is 274 Å². The minimum Gasteiger partial charge on any atom is -0.488 e. The maximum atomic E-state index is 13.5. The van der Waals surface area contributed by atoms with E-state index in [9.17, 15) is 32.7 Å². The van der Waals surface area contributed by atoms with Crippen LogP contribution in [0, 0.1) is 5.92 Å². The highest BCUT2D eigenvalue weighted by Crippen LogP contribution is 2.35. The zero-order valence-electron chi connectivity index (χ0n) is 26.5. The average molecular weight is 672 g/mol. The first-order valence-electron chi connectivity index (χ1n) is 15.2. The molecule has 0 unspecified atom stereocenters. The number of amides is 5. The van der Waals surface area contributed by atoms with Crippen LogP contribution >= 0.6 is 0 Å². The highest BCUT2D eigenvalue weighted by atomic mass is 19.4. The topological polar surface area (TPSA) is 142 Å². The molecular weight excluding hydrogens is 635 g/mol. The number of carbonyl (C=O) groups is 3. The molecule has 2 aliphatic heterocycles. The Kier molecular flexibility index (Phi) is 10.2. The summed E-state index contributed by atoms with van der Waals surface area (Å²) in [5.74, 6) is 0.877. The number of nitrogens with zero attached hydrogens (tertiary/aromatic N) is 2. The van der Waals surface area contributed by atoms with Gasteiger partial charge in [0.25, 0.3) is 0 Å². The fourth-order valence-corrected chi connectivity index (χ4v) is 5.31. The van der Waals surface area contributed by atoms with E-state index in [1.54, 1.807) is 48.2 Å². The van der Waals surface area contributed by atoms with Crippen LogP contribution in [0.15, 0.2) is 60.7 Å². The summed E-state index contributed by atoms with van der Waals surface area (Å²) >= 11 is 0. The van der Waals surface area contributed by atoms with Crippen molar-refractivity contribution in [1.82, 2.24) is 9.80 Å². The molecule has 0 bridgehead atoms. The van der Waals surface area contributed by atoms with Crippen LogP contribution in [-0.4, -0.2) is 78.6 Å². The molecule has 256 valence electrons. The molecule has 5 amide bonds. The number of aliphatic hydroxyl groups is 1. The van der Waals surface area contributed by atoms with Gasteiger partial charge >= 0.3 is 18.2 Å². The van der Waals surface area contributed by atoms with Gasteiger partial charge in [-0.15, -0.1) is 0 Å². The second-order valence-corrected chi connectivity index (χ2v) is 11.7. The molecule has 3 aromatic carbocycles. The minimum absolute atomic E-state index is 0.0561. The van der Waals surface area contributed by atoms with E-state index < -0.39 is 35.9 Å². The third-order valence-electron chi connectivity index (χ3n) is 8.07. The molecule has 2 heterocycles. The lowest BCUT2D eigenvalue weighted by Crippen LogP contribution is -2.48. The SMILES string of the molecule is C[C@@H]1CN([C@@H](C)CO)C(=O)Cc2cc(NC(=O)Nc3ccc4c(c3)OCO4)ccc2O[C@H]1CN(C)C(=O)Nc1ccc(C(F)(F)F)cc1. The van der Waals surface area contributed by atoms with Crippen molar-refractivity contribution in [1.29, 1.82) is 0 Å². The molecule has 5 rings (SSSR count). The number of anilines is 3. The van der Waals surface area contributed by atoms with Crippen molar-refractivity contribution < 1.29 is 46.9 Å². The molecule has 48 heavy (non-hydrogen) atoms. The predicted octanol–water partition coefficient (Wildman–Crippen LogP) is 5.39.